The van der Waals surface area contributed by atoms with Gasteiger partial charge in [-0.3, -0.25) is 4.98 Å². The van der Waals surface area contributed by atoms with E-state index < -0.39 is 17.9 Å². The number of nitrogens with one attached hydrogen (secondary N) is 1. The van der Waals surface area contributed by atoms with Crippen LogP contribution in [0.15, 0.2) is 73.1 Å². The first kappa shape index (κ1) is 27.5. The Balaban J connectivity index is 0.000000356. The summed E-state index contributed by atoms with van der Waals surface area (Å²) in [7, 11) is 7.79. The van der Waals surface area contributed by atoms with Crippen molar-refractivity contribution >= 4 is 40.2 Å². The standard InChI is InChI=1S/C20H20ClN3O4.C7H10N2/c1-23(2)11-10-22-20(27)24-16-9-8-13(21)12-15(16)17(18(24)25)19(26)28-14-6-4-3-5-7-14;1-9(2)7-3-5-8-6-4-7/h3-9,12,25H,10-11H2,1-2H3,(H,22,27);3-6H,1-2H3. The van der Waals surface area contributed by atoms with Crippen LogP contribution >= 0.6 is 11.6 Å². The number of esters is 1. The Kier molecular flexibility index (Phi) is 9.48. The summed E-state index contributed by atoms with van der Waals surface area (Å²) in [6.45, 7) is 1.00. The summed E-state index contributed by atoms with van der Waals surface area (Å²) < 4.78 is 6.39. The van der Waals surface area contributed by atoms with Crippen LogP contribution in [0.5, 0.6) is 11.6 Å². The van der Waals surface area contributed by atoms with Crippen molar-refractivity contribution in [3.05, 3.63) is 83.6 Å². The van der Waals surface area contributed by atoms with Crippen LogP contribution in [0.4, 0.5) is 10.5 Å². The van der Waals surface area contributed by atoms with Gasteiger partial charge in [0.2, 0.25) is 5.88 Å². The summed E-state index contributed by atoms with van der Waals surface area (Å²) >= 11 is 6.07. The van der Waals surface area contributed by atoms with Crippen molar-refractivity contribution in [3.8, 4) is 11.6 Å². The number of likely N-dealkylation sites (N-methyl/N-ethyl adjacent to an activating group) is 1. The first-order chi connectivity index (χ1) is 17.7. The van der Waals surface area contributed by atoms with Crippen LogP contribution in [0.1, 0.15) is 10.4 Å². The number of rotatable bonds is 6. The lowest BCUT2D eigenvalue weighted by molar-refractivity contribution is 0.0733. The molecule has 4 aromatic rings. The predicted molar refractivity (Wildman–Crippen MR) is 146 cm³/mol. The topological polar surface area (TPSA) is 99.9 Å². The number of halogens is 1. The van der Waals surface area contributed by atoms with E-state index in [4.69, 9.17) is 16.3 Å². The van der Waals surface area contributed by atoms with Gasteiger partial charge in [-0.05, 0) is 56.6 Å². The fraction of sp³-hybridized carbons (Fsp3) is 0.222. The first-order valence-electron chi connectivity index (χ1n) is 11.5. The number of benzene rings is 2. The number of hydrogen-bond acceptors (Lipinski definition) is 7. The third-order valence-corrected chi connectivity index (χ3v) is 5.51. The van der Waals surface area contributed by atoms with E-state index >= 15 is 0 Å². The lowest BCUT2D eigenvalue weighted by Crippen LogP contribution is -2.34. The number of ether oxygens (including phenoxy) is 1. The molecular weight excluding hydrogens is 494 g/mol. The maximum absolute atomic E-state index is 12.7. The van der Waals surface area contributed by atoms with Crippen LogP contribution in [0.2, 0.25) is 5.02 Å². The van der Waals surface area contributed by atoms with Crippen LogP contribution in [0.3, 0.4) is 0 Å². The number of fused-ring (bicyclic) bond motifs is 1. The zero-order valence-electron chi connectivity index (χ0n) is 21.2. The number of aromatic hydroxyl groups is 1. The zero-order valence-corrected chi connectivity index (χ0v) is 21.9. The smallest absolute Gasteiger partial charge is 0.349 e. The molecule has 4 rings (SSSR count). The van der Waals surface area contributed by atoms with Gasteiger partial charge in [0.25, 0.3) is 0 Å². The Labute approximate surface area is 220 Å². The summed E-state index contributed by atoms with van der Waals surface area (Å²) in [5, 5.41) is 14.1. The number of aromatic nitrogens is 2. The van der Waals surface area contributed by atoms with E-state index in [0.717, 1.165) is 4.57 Å². The fourth-order valence-corrected chi connectivity index (χ4v) is 3.58. The number of carbonyl (C=O) groups is 2. The van der Waals surface area contributed by atoms with E-state index in [2.05, 4.69) is 10.3 Å². The van der Waals surface area contributed by atoms with Gasteiger partial charge in [0.05, 0.1) is 5.52 Å². The summed E-state index contributed by atoms with van der Waals surface area (Å²) in [5.41, 5.74) is 1.42. The molecule has 2 heterocycles. The maximum atomic E-state index is 12.7. The minimum absolute atomic E-state index is 0.121. The largest absolute Gasteiger partial charge is 0.493 e. The second-order valence-electron chi connectivity index (χ2n) is 8.53. The minimum atomic E-state index is -0.782. The summed E-state index contributed by atoms with van der Waals surface area (Å²) in [4.78, 5) is 33.2. The van der Waals surface area contributed by atoms with E-state index in [0.29, 0.717) is 34.8 Å². The van der Waals surface area contributed by atoms with Crippen molar-refractivity contribution in [2.24, 2.45) is 0 Å². The first-order valence-corrected chi connectivity index (χ1v) is 11.9. The van der Waals surface area contributed by atoms with Gasteiger partial charge in [-0.15, -0.1) is 0 Å². The Morgan fingerprint density at radius 1 is 1.03 bits per heavy atom. The van der Waals surface area contributed by atoms with Crippen molar-refractivity contribution in [3.63, 3.8) is 0 Å². The molecule has 10 heteroatoms. The Bertz CT molecular complexity index is 1340. The molecule has 0 atom stereocenters. The van der Waals surface area contributed by atoms with E-state index in [-0.39, 0.29) is 5.56 Å². The molecule has 194 valence electrons. The van der Waals surface area contributed by atoms with Crippen LogP contribution < -0.4 is 15.0 Å². The van der Waals surface area contributed by atoms with Crippen LogP contribution in [-0.2, 0) is 0 Å². The average Bonchev–Trinajstić information content (AvgIpc) is 3.16. The SMILES string of the molecule is CN(C)CCNC(=O)n1c(O)c(C(=O)Oc2ccccc2)c2cc(Cl)ccc21.CN(C)c1ccncc1. The third kappa shape index (κ3) is 7.22. The van der Waals surface area contributed by atoms with Crippen LogP contribution in [0, 0.1) is 0 Å². The van der Waals surface area contributed by atoms with E-state index in [1.165, 1.54) is 11.8 Å². The Hall–Kier alpha value is -4.08. The second-order valence-corrected chi connectivity index (χ2v) is 8.97. The third-order valence-electron chi connectivity index (χ3n) is 5.28. The lowest BCUT2D eigenvalue weighted by Gasteiger charge is -2.11. The molecule has 37 heavy (non-hydrogen) atoms. The maximum Gasteiger partial charge on any atom is 0.349 e. The molecule has 1 amide bonds. The molecule has 9 nitrogen and oxygen atoms in total. The lowest BCUT2D eigenvalue weighted by atomic mass is 10.1. The average molecular weight is 524 g/mol. The number of carbonyl (C=O) groups excluding carboxylic acids is 2. The highest BCUT2D eigenvalue weighted by molar-refractivity contribution is 6.31. The molecule has 0 radical (unpaired) electrons. The van der Waals surface area contributed by atoms with Crippen molar-refractivity contribution in [1.29, 1.82) is 0 Å². The molecule has 0 saturated heterocycles. The van der Waals surface area contributed by atoms with Gasteiger partial charge in [0.1, 0.15) is 11.3 Å². The molecule has 0 spiro atoms. The fourth-order valence-electron chi connectivity index (χ4n) is 3.41. The van der Waals surface area contributed by atoms with Crippen molar-refractivity contribution < 1.29 is 19.4 Å². The van der Waals surface area contributed by atoms with Gasteiger partial charge < -0.3 is 25.0 Å². The van der Waals surface area contributed by atoms with Crippen LogP contribution in [0.25, 0.3) is 10.9 Å². The highest BCUT2D eigenvalue weighted by Crippen LogP contribution is 2.34. The monoisotopic (exact) mass is 523 g/mol. The van der Waals surface area contributed by atoms with Gasteiger partial charge in [0.15, 0.2) is 0 Å². The normalized spacial score (nSPS) is 10.5. The van der Waals surface area contributed by atoms with Gasteiger partial charge in [-0.1, -0.05) is 29.8 Å². The van der Waals surface area contributed by atoms with Gasteiger partial charge in [0, 0.05) is 55.7 Å². The molecule has 0 aliphatic heterocycles. The van der Waals surface area contributed by atoms with Gasteiger partial charge in [-0.2, -0.15) is 0 Å². The molecule has 0 aliphatic carbocycles. The Morgan fingerprint density at radius 3 is 2.30 bits per heavy atom. The van der Waals surface area contributed by atoms with Crippen molar-refractivity contribution in [1.82, 2.24) is 19.8 Å². The van der Waals surface area contributed by atoms with Crippen molar-refractivity contribution in [2.75, 3.05) is 46.2 Å². The number of hydrogen-bond donors (Lipinski definition) is 2. The molecule has 2 aromatic heterocycles. The number of anilines is 1. The van der Waals surface area contributed by atoms with Crippen LogP contribution in [-0.4, -0.2) is 72.8 Å². The van der Waals surface area contributed by atoms with E-state index in [9.17, 15) is 14.7 Å². The molecule has 0 fully saturated rings. The quantitative estimate of drug-likeness (QED) is 0.284. The number of amides is 1. The summed E-state index contributed by atoms with van der Waals surface area (Å²) in [5.74, 6) is -0.957. The molecule has 2 N–H and O–H groups in total. The summed E-state index contributed by atoms with van der Waals surface area (Å²) in [6, 6.07) is 16.5. The number of nitrogens with zero attached hydrogens (tertiary/aromatic N) is 4. The minimum Gasteiger partial charge on any atom is -0.493 e. The zero-order chi connectivity index (χ0) is 26.9. The number of para-hydroxylation sites is 1. The molecule has 0 aliphatic rings. The molecule has 0 unspecified atom stereocenters. The predicted octanol–water partition coefficient (Wildman–Crippen LogP) is 4.49. The molecule has 2 aromatic carbocycles. The van der Waals surface area contributed by atoms with E-state index in [1.54, 1.807) is 54.9 Å². The summed E-state index contributed by atoms with van der Waals surface area (Å²) in [6.07, 6.45) is 3.57. The molecular formula is C27H30ClN5O4. The highest BCUT2D eigenvalue weighted by Gasteiger charge is 2.27. The van der Waals surface area contributed by atoms with E-state index in [1.807, 2.05) is 50.1 Å². The molecule has 0 bridgehead atoms. The van der Waals surface area contributed by atoms with Gasteiger partial charge in [-0.25, -0.2) is 14.2 Å². The molecule has 0 saturated carbocycles. The second kappa shape index (κ2) is 12.8. The highest BCUT2D eigenvalue weighted by atomic mass is 35.5. The van der Waals surface area contributed by atoms with Crippen molar-refractivity contribution in [2.45, 2.75) is 0 Å². The van der Waals surface area contributed by atoms with Gasteiger partial charge >= 0.3 is 12.0 Å². The number of pyridine rings is 1. The Morgan fingerprint density at radius 2 is 1.70 bits per heavy atom.